The Morgan fingerprint density at radius 1 is 1.31 bits per heavy atom. The Hall–Kier alpha value is -0.570. The van der Waals surface area contributed by atoms with Crippen LogP contribution in [0.3, 0.4) is 0 Å². The molecule has 2 fully saturated rings. The Bertz CT molecular complexity index is 234. The van der Waals surface area contributed by atoms with Gasteiger partial charge in [-0.2, -0.15) is 0 Å². The predicted molar refractivity (Wildman–Crippen MR) is 64.8 cm³/mol. The smallest absolute Gasteiger partial charge is 0.224 e. The Morgan fingerprint density at radius 3 is 2.25 bits per heavy atom. The SMILES string of the molecule is CCCC(CN)C(=O)NC(C1CC1)C1CC1. The zero-order valence-electron chi connectivity index (χ0n) is 10.2. The molecule has 1 atom stereocenters. The number of carbonyl (C=O) groups is 1. The molecule has 0 aliphatic heterocycles. The molecule has 2 aliphatic rings. The van der Waals surface area contributed by atoms with Gasteiger partial charge in [-0.3, -0.25) is 4.79 Å². The van der Waals surface area contributed by atoms with Crippen LogP contribution in [0, 0.1) is 17.8 Å². The highest BCUT2D eigenvalue weighted by Crippen LogP contribution is 2.44. The number of hydrogen-bond donors (Lipinski definition) is 2. The van der Waals surface area contributed by atoms with E-state index in [-0.39, 0.29) is 11.8 Å². The van der Waals surface area contributed by atoms with Crippen LogP contribution in [0.2, 0.25) is 0 Å². The van der Waals surface area contributed by atoms with Crippen LogP contribution >= 0.6 is 0 Å². The largest absolute Gasteiger partial charge is 0.353 e. The van der Waals surface area contributed by atoms with E-state index in [0.29, 0.717) is 12.6 Å². The van der Waals surface area contributed by atoms with Crippen molar-refractivity contribution in [1.82, 2.24) is 5.32 Å². The number of nitrogens with two attached hydrogens (primary N) is 1. The molecule has 0 bridgehead atoms. The minimum Gasteiger partial charge on any atom is -0.353 e. The van der Waals surface area contributed by atoms with Crippen LogP contribution in [0.4, 0.5) is 0 Å². The molecule has 1 amide bonds. The minimum absolute atomic E-state index is 0.0324. The lowest BCUT2D eigenvalue weighted by molar-refractivity contribution is -0.126. The topological polar surface area (TPSA) is 55.1 Å². The van der Waals surface area contributed by atoms with Crippen molar-refractivity contribution in [2.75, 3.05) is 6.54 Å². The number of hydrogen-bond acceptors (Lipinski definition) is 2. The summed E-state index contributed by atoms with van der Waals surface area (Å²) in [6.07, 6.45) is 7.19. The fraction of sp³-hybridized carbons (Fsp3) is 0.923. The molecule has 3 heteroatoms. The van der Waals surface area contributed by atoms with E-state index >= 15 is 0 Å². The van der Waals surface area contributed by atoms with Crippen molar-refractivity contribution in [2.45, 2.75) is 51.5 Å². The summed E-state index contributed by atoms with van der Waals surface area (Å²) in [6, 6.07) is 0.471. The Labute approximate surface area is 98.2 Å². The van der Waals surface area contributed by atoms with Crippen molar-refractivity contribution in [3.63, 3.8) is 0 Å². The second-order valence-corrected chi connectivity index (χ2v) is 5.43. The van der Waals surface area contributed by atoms with Gasteiger partial charge in [0.05, 0.1) is 5.92 Å². The number of carbonyl (C=O) groups excluding carboxylic acids is 1. The van der Waals surface area contributed by atoms with E-state index in [1.54, 1.807) is 0 Å². The van der Waals surface area contributed by atoms with Gasteiger partial charge in [-0.15, -0.1) is 0 Å². The quantitative estimate of drug-likeness (QED) is 0.691. The molecule has 2 rings (SSSR count). The van der Waals surface area contributed by atoms with Crippen LogP contribution in [0.1, 0.15) is 45.4 Å². The second-order valence-electron chi connectivity index (χ2n) is 5.43. The fourth-order valence-corrected chi connectivity index (χ4v) is 2.52. The second kappa shape index (κ2) is 5.17. The van der Waals surface area contributed by atoms with Gasteiger partial charge in [0.2, 0.25) is 5.91 Å². The molecule has 92 valence electrons. The highest BCUT2D eigenvalue weighted by Gasteiger charge is 2.42. The molecule has 3 N–H and O–H groups in total. The maximum absolute atomic E-state index is 12.0. The molecule has 0 heterocycles. The predicted octanol–water partition coefficient (Wildman–Crippen LogP) is 1.67. The van der Waals surface area contributed by atoms with Crippen molar-refractivity contribution >= 4 is 5.91 Å². The van der Waals surface area contributed by atoms with E-state index in [9.17, 15) is 4.79 Å². The summed E-state index contributed by atoms with van der Waals surface area (Å²) in [6.45, 7) is 2.59. The lowest BCUT2D eigenvalue weighted by Crippen LogP contribution is -2.43. The van der Waals surface area contributed by atoms with E-state index in [1.807, 2.05) is 0 Å². The summed E-state index contributed by atoms with van der Waals surface area (Å²) >= 11 is 0. The summed E-state index contributed by atoms with van der Waals surface area (Å²) in [4.78, 5) is 12.0. The minimum atomic E-state index is 0.0324. The summed E-state index contributed by atoms with van der Waals surface area (Å²) in [5.41, 5.74) is 5.66. The Balaban J connectivity index is 1.83. The van der Waals surface area contributed by atoms with Crippen LogP contribution in [0.25, 0.3) is 0 Å². The van der Waals surface area contributed by atoms with Gasteiger partial charge in [-0.1, -0.05) is 13.3 Å². The normalized spacial score (nSPS) is 22.2. The summed E-state index contributed by atoms with van der Waals surface area (Å²) in [5.74, 6) is 1.78. The highest BCUT2D eigenvalue weighted by molar-refractivity contribution is 5.79. The molecule has 16 heavy (non-hydrogen) atoms. The molecule has 0 radical (unpaired) electrons. The van der Waals surface area contributed by atoms with Crippen LogP contribution < -0.4 is 11.1 Å². The molecule has 0 aromatic rings. The van der Waals surface area contributed by atoms with E-state index < -0.39 is 0 Å². The average molecular weight is 224 g/mol. The van der Waals surface area contributed by atoms with E-state index in [0.717, 1.165) is 24.7 Å². The van der Waals surface area contributed by atoms with Gasteiger partial charge in [0.1, 0.15) is 0 Å². The van der Waals surface area contributed by atoms with Crippen LogP contribution in [0.5, 0.6) is 0 Å². The monoisotopic (exact) mass is 224 g/mol. The first-order valence-electron chi connectivity index (χ1n) is 6.76. The van der Waals surface area contributed by atoms with Crippen molar-refractivity contribution < 1.29 is 4.79 Å². The number of nitrogens with one attached hydrogen (secondary N) is 1. The van der Waals surface area contributed by atoms with Gasteiger partial charge in [0.25, 0.3) is 0 Å². The van der Waals surface area contributed by atoms with Gasteiger partial charge in [-0.05, 0) is 43.9 Å². The third-order valence-electron chi connectivity index (χ3n) is 3.86. The molecule has 0 aromatic carbocycles. The van der Waals surface area contributed by atoms with Gasteiger partial charge < -0.3 is 11.1 Å². The molecular formula is C13H24N2O. The standard InChI is InChI=1S/C13H24N2O/c1-2-3-11(8-14)13(16)15-12(9-4-5-9)10-6-7-10/h9-12H,2-8,14H2,1H3,(H,15,16). The van der Waals surface area contributed by atoms with Crippen LogP contribution in [-0.4, -0.2) is 18.5 Å². The molecule has 0 saturated heterocycles. The molecular weight excluding hydrogens is 200 g/mol. The van der Waals surface area contributed by atoms with Gasteiger partial charge in [0, 0.05) is 12.6 Å². The maximum Gasteiger partial charge on any atom is 0.224 e. The zero-order chi connectivity index (χ0) is 11.5. The summed E-state index contributed by atoms with van der Waals surface area (Å²) in [5, 5.41) is 3.26. The Kier molecular flexibility index (Phi) is 3.85. The fourth-order valence-electron chi connectivity index (χ4n) is 2.52. The first kappa shape index (κ1) is 11.9. The zero-order valence-corrected chi connectivity index (χ0v) is 10.2. The first-order valence-corrected chi connectivity index (χ1v) is 6.76. The maximum atomic E-state index is 12.0. The highest BCUT2D eigenvalue weighted by atomic mass is 16.2. The van der Waals surface area contributed by atoms with Crippen LogP contribution in [0.15, 0.2) is 0 Å². The molecule has 0 aromatic heterocycles. The lowest BCUT2D eigenvalue weighted by atomic mass is 10.0. The van der Waals surface area contributed by atoms with Gasteiger partial charge >= 0.3 is 0 Å². The molecule has 1 unspecified atom stereocenters. The molecule has 0 spiro atoms. The summed E-state index contributed by atoms with van der Waals surface area (Å²) in [7, 11) is 0. The van der Waals surface area contributed by atoms with E-state index in [1.165, 1.54) is 25.7 Å². The van der Waals surface area contributed by atoms with Crippen molar-refractivity contribution in [2.24, 2.45) is 23.5 Å². The van der Waals surface area contributed by atoms with Gasteiger partial charge in [0.15, 0.2) is 0 Å². The molecule has 2 saturated carbocycles. The first-order chi connectivity index (χ1) is 7.76. The lowest BCUT2D eigenvalue weighted by Gasteiger charge is -2.21. The summed E-state index contributed by atoms with van der Waals surface area (Å²) < 4.78 is 0. The van der Waals surface area contributed by atoms with E-state index in [4.69, 9.17) is 5.73 Å². The molecule has 2 aliphatic carbocycles. The van der Waals surface area contributed by atoms with Crippen molar-refractivity contribution in [3.8, 4) is 0 Å². The van der Waals surface area contributed by atoms with Crippen molar-refractivity contribution in [3.05, 3.63) is 0 Å². The molecule has 3 nitrogen and oxygen atoms in total. The van der Waals surface area contributed by atoms with Gasteiger partial charge in [-0.25, -0.2) is 0 Å². The third kappa shape index (κ3) is 2.97. The number of amides is 1. The Morgan fingerprint density at radius 2 is 1.88 bits per heavy atom. The van der Waals surface area contributed by atoms with Crippen LogP contribution in [-0.2, 0) is 4.79 Å². The average Bonchev–Trinajstić information content (AvgIpc) is 3.15. The number of rotatable bonds is 7. The van der Waals surface area contributed by atoms with Crippen molar-refractivity contribution in [1.29, 1.82) is 0 Å². The van der Waals surface area contributed by atoms with E-state index in [2.05, 4.69) is 12.2 Å². The third-order valence-corrected chi connectivity index (χ3v) is 3.86.